The van der Waals surface area contributed by atoms with Crippen molar-refractivity contribution in [3.8, 4) is 5.75 Å². The Morgan fingerprint density at radius 2 is 2.15 bits per heavy atom. The molecule has 0 saturated heterocycles. The van der Waals surface area contributed by atoms with E-state index in [1.807, 2.05) is 6.92 Å². The lowest BCUT2D eigenvalue weighted by Gasteiger charge is -2.13. The van der Waals surface area contributed by atoms with Gasteiger partial charge in [0.25, 0.3) is 0 Å². The van der Waals surface area contributed by atoms with E-state index in [9.17, 15) is 9.90 Å². The maximum absolute atomic E-state index is 12.5. The molecule has 3 rings (SSSR count). The highest BCUT2D eigenvalue weighted by molar-refractivity contribution is 8.00. The lowest BCUT2D eigenvalue weighted by Crippen LogP contribution is -2.22. The summed E-state index contributed by atoms with van der Waals surface area (Å²) in [6.45, 7) is 5.76. The van der Waals surface area contributed by atoms with Crippen LogP contribution in [-0.4, -0.2) is 26.2 Å². The number of thioether (sulfide) groups is 1. The smallest absolute Gasteiger partial charge is 0.237 e. The Balaban J connectivity index is 1.82. The van der Waals surface area contributed by atoms with E-state index in [-0.39, 0.29) is 11.7 Å². The van der Waals surface area contributed by atoms with Crippen LogP contribution in [0.3, 0.4) is 0 Å². The molecule has 1 atom stereocenters. The van der Waals surface area contributed by atoms with Crippen molar-refractivity contribution in [2.75, 3.05) is 5.32 Å². The number of phenolic OH excluding ortho intramolecular Hbond substituents is 1. The molecule has 3 aromatic rings. The Labute approximate surface area is 164 Å². The highest BCUT2D eigenvalue weighted by Gasteiger charge is 2.20. The fourth-order valence-electron chi connectivity index (χ4n) is 2.37. The van der Waals surface area contributed by atoms with Crippen LogP contribution in [-0.2, 0) is 11.2 Å². The lowest BCUT2D eigenvalue weighted by molar-refractivity contribution is -0.115. The van der Waals surface area contributed by atoms with Gasteiger partial charge in [0.05, 0.1) is 10.9 Å². The molecule has 0 aliphatic carbocycles. The molecule has 5 nitrogen and oxygen atoms in total. The van der Waals surface area contributed by atoms with Crippen molar-refractivity contribution in [3.63, 3.8) is 0 Å². The maximum Gasteiger partial charge on any atom is 0.237 e. The number of carbonyl (C=O) groups is 1. The summed E-state index contributed by atoms with van der Waals surface area (Å²) in [7, 11) is 0. The van der Waals surface area contributed by atoms with E-state index in [1.54, 1.807) is 24.3 Å². The summed E-state index contributed by atoms with van der Waals surface area (Å²) in [6, 6.07) is 6.62. The molecule has 0 aliphatic heterocycles. The summed E-state index contributed by atoms with van der Waals surface area (Å²) < 4.78 is 0. The first kappa shape index (κ1) is 18.9. The summed E-state index contributed by atoms with van der Waals surface area (Å²) in [5, 5.41) is 14.4. The van der Waals surface area contributed by atoms with Gasteiger partial charge in [-0.15, -0.1) is 11.3 Å². The monoisotopic (exact) mass is 407 g/mol. The predicted octanol–water partition coefficient (Wildman–Crippen LogP) is 5.04. The number of hydrogen-bond acceptors (Lipinski definition) is 6. The molecule has 26 heavy (non-hydrogen) atoms. The zero-order valence-electron chi connectivity index (χ0n) is 14.5. The zero-order valence-corrected chi connectivity index (χ0v) is 16.9. The predicted molar refractivity (Wildman–Crippen MR) is 109 cm³/mol. The van der Waals surface area contributed by atoms with Crippen LogP contribution in [0.1, 0.15) is 24.5 Å². The second-order valence-corrected chi connectivity index (χ2v) is 8.65. The van der Waals surface area contributed by atoms with Crippen molar-refractivity contribution < 1.29 is 9.90 Å². The summed E-state index contributed by atoms with van der Waals surface area (Å²) in [6.07, 6.45) is 0.939. The highest BCUT2D eigenvalue weighted by atomic mass is 35.5. The van der Waals surface area contributed by atoms with Crippen LogP contribution in [0.15, 0.2) is 29.3 Å². The van der Waals surface area contributed by atoms with Gasteiger partial charge in [-0.1, -0.05) is 30.3 Å². The van der Waals surface area contributed by atoms with Gasteiger partial charge in [-0.2, -0.15) is 0 Å². The summed E-state index contributed by atoms with van der Waals surface area (Å²) >= 11 is 8.96. The van der Waals surface area contributed by atoms with E-state index in [0.717, 1.165) is 21.7 Å². The molecule has 2 heterocycles. The molecule has 2 N–H and O–H groups in total. The van der Waals surface area contributed by atoms with E-state index < -0.39 is 5.25 Å². The maximum atomic E-state index is 12.5. The number of aromatic nitrogens is 2. The molecule has 0 radical (unpaired) electrons. The first-order chi connectivity index (χ1) is 12.4. The van der Waals surface area contributed by atoms with Gasteiger partial charge in [-0.3, -0.25) is 4.79 Å². The van der Waals surface area contributed by atoms with Gasteiger partial charge in [-0.05, 0) is 44.5 Å². The Morgan fingerprint density at radius 3 is 2.88 bits per heavy atom. The van der Waals surface area contributed by atoms with Crippen molar-refractivity contribution in [3.05, 3.63) is 40.0 Å². The zero-order chi connectivity index (χ0) is 18.8. The summed E-state index contributed by atoms with van der Waals surface area (Å²) in [5.74, 6) is 0.429. The van der Waals surface area contributed by atoms with E-state index in [2.05, 4.69) is 28.3 Å². The van der Waals surface area contributed by atoms with Gasteiger partial charge < -0.3 is 10.4 Å². The number of rotatable bonds is 5. The number of thiophene rings is 1. The molecular weight excluding hydrogens is 390 g/mol. The Kier molecular flexibility index (Phi) is 5.70. The van der Waals surface area contributed by atoms with E-state index >= 15 is 0 Å². The van der Waals surface area contributed by atoms with Crippen LogP contribution < -0.4 is 5.32 Å². The van der Waals surface area contributed by atoms with Gasteiger partial charge >= 0.3 is 0 Å². The largest absolute Gasteiger partial charge is 0.506 e. The number of aryl methyl sites for hydroxylation is 2. The normalized spacial score (nSPS) is 12.3. The van der Waals surface area contributed by atoms with Gasteiger partial charge in [-0.25, -0.2) is 9.97 Å². The molecule has 0 aliphatic rings. The third kappa shape index (κ3) is 4.11. The average molecular weight is 408 g/mol. The van der Waals surface area contributed by atoms with Crippen molar-refractivity contribution in [2.24, 2.45) is 0 Å². The number of aromatic hydroxyl groups is 1. The molecule has 136 valence electrons. The molecule has 8 heteroatoms. The van der Waals surface area contributed by atoms with Crippen molar-refractivity contribution in [1.29, 1.82) is 0 Å². The second kappa shape index (κ2) is 7.82. The number of nitrogens with zero attached hydrogens (tertiary/aromatic N) is 2. The van der Waals surface area contributed by atoms with Gasteiger partial charge in [0, 0.05) is 15.3 Å². The van der Waals surface area contributed by atoms with Crippen LogP contribution in [0.4, 0.5) is 5.69 Å². The number of amides is 1. The molecule has 2 aromatic heterocycles. The average Bonchev–Trinajstić information content (AvgIpc) is 3.01. The number of benzene rings is 1. The minimum absolute atomic E-state index is 0.0226. The molecule has 1 aromatic carbocycles. The first-order valence-corrected chi connectivity index (χ1v) is 10.2. The Hall–Kier alpha value is -1.83. The Morgan fingerprint density at radius 1 is 1.38 bits per heavy atom. The minimum atomic E-state index is -0.407. The van der Waals surface area contributed by atoms with E-state index in [1.165, 1.54) is 28.8 Å². The third-order valence-electron chi connectivity index (χ3n) is 3.74. The number of anilines is 1. The number of halogens is 1. The number of fused-ring (bicyclic) bond motifs is 1. The summed E-state index contributed by atoms with van der Waals surface area (Å²) in [5.41, 5.74) is 0.294. The number of phenols is 1. The Bertz CT molecular complexity index is 974. The standard InChI is InChI=1S/C18H18ClN3O2S2/c1-4-12-8-13-17(20-10(3)21-18(13)26-12)25-9(2)16(24)22-14-7-11(19)5-6-15(14)23/h5-9,23H,4H2,1-3H3,(H,22,24). The second-order valence-electron chi connectivity index (χ2n) is 5.77. The molecule has 1 unspecified atom stereocenters. The van der Waals surface area contributed by atoms with E-state index in [4.69, 9.17) is 11.6 Å². The van der Waals surface area contributed by atoms with Crippen molar-refractivity contribution in [2.45, 2.75) is 37.5 Å². The number of carbonyl (C=O) groups excluding carboxylic acids is 1. The van der Waals surface area contributed by atoms with Crippen molar-refractivity contribution >= 4 is 56.5 Å². The van der Waals surface area contributed by atoms with Crippen LogP contribution >= 0.6 is 34.7 Å². The van der Waals surface area contributed by atoms with Crippen LogP contribution in [0, 0.1) is 6.92 Å². The lowest BCUT2D eigenvalue weighted by atomic mass is 10.3. The third-order valence-corrected chi connectivity index (χ3v) is 6.25. The topological polar surface area (TPSA) is 75.1 Å². The van der Waals surface area contributed by atoms with Crippen LogP contribution in [0.5, 0.6) is 5.75 Å². The molecular formula is C18H18ClN3O2S2. The molecule has 0 bridgehead atoms. The minimum Gasteiger partial charge on any atom is -0.506 e. The van der Waals surface area contributed by atoms with Crippen LogP contribution in [0.25, 0.3) is 10.2 Å². The van der Waals surface area contributed by atoms with Gasteiger partial charge in [0.2, 0.25) is 5.91 Å². The number of nitrogens with one attached hydrogen (secondary N) is 1. The first-order valence-electron chi connectivity index (χ1n) is 8.10. The van der Waals surface area contributed by atoms with E-state index in [0.29, 0.717) is 16.5 Å². The molecule has 0 saturated carbocycles. The fourth-order valence-corrected chi connectivity index (χ4v) is 4.59. The molecule has 0 spiro atoms. The van der Waals surface area contributed by atoms with Gasteiger partial charge in [0.15, 0.2) is 0 Å². The molecule has 1 amide bonds. The van der Waals surface area contributed by atoms with Gasteiger partial charge in [0.1, 0.15) is 21.4 Å². The van der Waals surface area contributed by atoms with Crippen molar-refractivity contribution in [1.82, 2.24) is 9.97 Å². The number of hydrogen-bond donors (Lipinski definition) is 2. The quantitative estimate of drug-likeness (QED) is 0.352. The fraction of sp³-hybridized carbons (Fsp3) is 0.278. The SMILES string of the molecule is CCc1cc2c(SC(C)C(=O)Nc3cc(Cl)ccc3O)nc(C)nc2s1. The summed E-state index contributed by atoms with van der Waals surface area (Å²) in [4.78, 5) is 23.7. The highest BCUT2D eigenvalue weighted by Crippen LogP contribution is 2.34. The molecule has 0 fully saturated rings. The van der Waals surface area contributed by atoms with Crippen LogP contribution in [0.2, 0.25) is 5.02 Å².